The summed E-state index contributed by atoms with van der Waals surface area (Å²) in [5, 5.41) is -5.14. The van der Waals surface area contributed by atoms with E-state index in [1.807, 2.05) is 0 Å². The maximum atomic E-state index is 11.9. The van der Waals surface area contributed by atoms with Crippen molar-refractivity contribution in [1.29, 1.82) is 0 Å². The highest BCUT2D eigenvalue weighted by Crippen LogP contribution is 2.29. The van der Waals surface area contributed by atoms with Gasteiger partial charge in [0.1, 0.15) is 0 Å². The Morgan fingerprint density at radius 3 is 1.82 bits per heavy atom. The van der Waals surface area contributed by atoms with Gasteiger partial charge in [0.25, 0.3) is 0 Å². The molecule has 68 valence electrons. The van der Waals surface area contributed by atoms with Crippen LogP contribution in [0.3, 0.4) is 0 Å². The van der Waals surface area contributed by atoms with Crippen molar-refractivity contribution in [2.75, 3.05) is 7.11 Å². The van der Waals surface area contributed by atoms with Crippen molar-refractivity contribution in [2.45, 2.75) is 11.7 Å². The molecule has 0 spiro atoms. The van der Waals surface area contributed by atoms with Gasteiger partial charge in [-0.05, 0) is 0 Å². The highest BCUT2D eigenvalue weighted by Gasteiger charge is 2.54. The molecule has 0 aromatic rings. The third-order valence-electron chi connectivity index (χ3n) is 0.807. The smallest absolute Gasteiger partial charge is 0.269 e. The zero-order valence-electron chi connectivity index (χ0n) is 5.22. The van der Waals surface area contributed by atoms with Crippen molar-refractivity contribution < 1.29 is 30.2 Å². The molecule has 0 atom stereocenters. The second-order valence-electron chi connectivity index (χ2n) is 1.48. The van der Waals surface area contributed by atoms with Crippen LogP contribution in [0.1, 0.15) is 0 Å². The number of halogens is 4. The first-order valence-electron chi connectivity index (χ1n) is 2.22. The van der Waals surface area contributed by atoms with Gasteiger partial charge in [-0.3, -0.25) is 4.18 Å². The molecule has 0 saturated heterocycles. The fourth-order valence-corrected chi connectivity index (χ4v) is 0.661. The summed E-state index contributed by atoms with van der Waals surface area (Å²) in [4.78, 5) is 0. The molecule has 0 radical (unpaired) electrons. The molecule has 0 saturated carbocycles. The lowest BCUT2D eigenvalue weighted by atomic mass is 10.7. The summed E-state index contributed by atoms with van der Waals surface area (Å²) in [6, 6.07) is 0. The summed E-state index contributed by atoms with van der Waals surface area (Å²) < 4.78 is 69.5. The molecule has 0 bridgehead atoms. The predicted molar refractivity (Wildman–Crippen MR) is 26.9 cm³/mol. The molecule has 0 fully saturated rings. The maximum absolute atomic E-state index is 11.9. The molecule has 0 aromatic heterocycles. The number of hydrogen-bond acceptors (Lipinski definition) is 3. The van der Waals surface area contributed by atoms with Gasteiger partial charge in [-0.2, -0.15) is 17.2 Å². The summed E-state index contributed by atoms with van der Waals surface area (Å²) in [6.07, 6.45) is -4.28. The predicted octanol–water partition coefficient (Wildman–Crippen LogP) is 0.821. The average Bonchev–Trinajstić information content (AvgIpc) is 1.87. The fourth-order valence-electron chi connectivity index (χ4n) is 0.220. The van der Waals surface area contributed by atoms with Crippen molar-refractivity contribution in [2.24, 2.45) is 0 Å². The Kier molecular flexibility index (Phi) is 2.84. The van der Waals surface area contributed by atoms with E-state index in [1.165, 1.54) is 0 Å². The molecular formula is C3H4F4O3S. The summed E-state index contributed by atoms with van der Waals surface area (Å²) in [7, 11) is -5.10. The van der Waals surface area contributed by atoms with E-state index in [0.717, 1.165) is 0 Å². The molecule has 3 nitrogen and oxygen atoms in total. The van der Waals surface area contributed by atoms with Gasteiger partial charge in [-0.25, -0.2) is 8.78 Å². The molecule has 0 amide bonds. The first-order chi connectivity index (χ1) is 4.75. The standard InChI is InChI=1S/C3H4F4O3S/c1-10-11(8,9)3(6,7)2(4)5/h2H,1H3. The molecule has 11 heavy (non-hydrogen) atoms. The highest BCUT2D eigenvalue weighted by atomic mass is 32.2. The Balaban J connectivity index is 4.85. The molecule has 0 aliphatic carbocycles. The Morgan fingerprint density at radius 2 is 1.73 bits per heavy atom. The normalized spacial score (nSPS) is 14.0. The third-order valence-corrected chi connectivity index (χ3v) is 2.09. The minimum atomic E-state index is -5.48. The second kappa shape index (κ2) is 2.94. The first kappa shape index (κ1) is 10.6. The van der Waals surface area contributed by atoms with Crippen LogP contribution in [0.15, 0.2) is 0 Å². The van der Waals surface area contributed by atoms with Gasteiger partial charge in [0, 0.05) is 0 Å². The lowest BCUT2D eigenvalue weighted by Gasteiger charge is -2.12. The van der Waals surface area contributed by atoms with Gasteiger partial charge in [-0.1, -0.05) is 0 Å². The fraction of sp³-hybridized carbons (Fsp3) is 1.00. The Hall–Kier alpha value is -0.370. The summed E-state index contributed by atoms with van der Waals surface area (Å²) >= 11 is 0. The van der Waals surface area contributed by atoms with Crippen LogP contribution in [0, 0.1) is 0 Å². The quantitative estimate of drug-likeness (QED) is 0.495. The van der Waals surface area contributed by atoms with Crippen molar-refractivity contribution in [3.63, 3.8) is 0 Å². The SMILES string of the molecule is COS(=O)(=O)C(F)(F)C(F)F. The van der Waals surface area contributed by atoms with Crippen molar-refractivity contribution in [1.82, 2.24) is 0 Å². The van der Waals surface area contributed by atoms with Crippen LogP contribution in [0.25, 0.3) is 0 Å². The van der Waals surface area contributed by atoms with Crippen molar-refractivity contribution in [3.05, 3.63) is 0 Å². The van der Waals surface area contributed by atoms with E-state index in [2.05, 4.69) is 4.18 Å². The van der Waals surface area contributed by atoms with Gasteiger partial charge >= 0.3 is 21.8 Å². The van der Waals surface area contributed by atoms with E-state index in [9.17, 15) is 26.0 Å². The number of hydrogen-bond donors (Lipinski definition) is 0. The summed E-state index contributed by atoms with van der Waals surface area (Å²) in [6.45, 7) is 0. The van der Waals surface area contributed by atoms with E-state index in [1.54, 1.807) is 0 Å². The monoisotopic (exact) mass is 196 g/mol. The van der Waals surface area contributed by atoms with Gasteiger partial charge in [0.05, 0.1) is 7.11 Å². The minimum Gasteiger partial charge on any atom is -0.269 e. The van der Waals surface area contributed by atoms with Crippen LogP contribution in [0.2, 0.25) is 0 Å². The van der Waals surface area contributed by atoms with E-state index in [0.29, 0.717) is 7.11 Å². The molecule has 0 aromatic carbocycles. The molecular weight excluding hydrogens is 192 g/mol. The lowest BCUT2D eigenvalue weighted by Crippen LogP contribution is -2.37. The van der Waals surface area contributed by atoms with Crippen LogP contribution in [0.4, 0.5) is 17.6 Å². The van der Waals surface area contributed by atoms with E-state index < -0.39 is 21.8 Å². The molecule has 0 N–H and O–H groups in total. The van der Waals surface area contributed by atoms with Crippen LogP contribution in [-0.4, -0.2) is 27.2 Å². The highest BCUT2D eigenvalue weighted by molar-refractivity contribution is 7.87. The van der Waals surface area contributed by atoms with Crippen LogP contribution in [0.5, 0.6) is 0 Å². The van der Waals surface area contributed by atoms with Crippen molar-refractivity contribution in [3.8, 4) is 0 Å². The molecule has 0 aliphatic rings. The third kappa shape index (κ3) is 1.80. The Bertz CT molecular complexity index is 221. The molecule has 0 aliphatic heterocycles. The topological polar surface area (TPSA) is 43.4 Å². The van der Waals surface area contributed by atoms with Gasteiger partial charge < -0.3 is 0 Å². The van der Waals surface area contributed by atoms with Gasteiger partial charge in [0.15, 0.2) is 0 Å². The minimum absolute atomic E-state index is 0.381. The average molecular weight is 196 g/mol. The summed E-state index contributed by atoms with van der Waals surface area (Å²) in [5.41, 5.74) is 0. The van der Waals surface area contributed by atoms with E-state index >= 15 is 0 Å². The molecule has 0 rings (SSSR count). The van der Waals surface area contributed by atoms with Gasteiger partial charge in [-0.15, -0.1) is 0 Å². The van der Waals surface area contributed by atoms with E-state index in [4.69, 9.17) is 0 Å². The summed E-state index contributed by atoms with van der Waals surface area (Å²) in [5.74, 6) is 0. The lowest BCUT2D eigenvalue weighted by molar-refractivity contribution is -0.0698. The van der Waals surface area contributed by atoms with Crippen LogP contribution in [-0.2, 0) is 14.3 Å². The molecule has 0 heterocycles. The maximum Gasteiger partial charge on any atom is 0.428 e. The Morgan fingerprint density at radius 1 is 1.36 bits per heavy atom. The van der Waals surface area contributed by atoms with Gasteiger partial charge in [0.2, 0.25) is 0 Å². The number of rotatable bonds is 3. The second-order valence-corrected chi connectivity index (χ2v) is 3.27. The number of alkyl halides is 4. The van der Waals surface area contributed by atoms with Crippen LogP contribution < -0.4 is 0 Å². The largest absolute Gasteiger partial charge is 0.428 e. The zero-order valence-corrected chi connectivity index (χ0v) is 6.04. The molecule has 0 unspecified atom stereocenters. The Labute approximate surface area is 60.1 Å². The van der Waals surface area contributed by atoms with Crippen molar-refractivity contribution >= 4 is 10.1 Å². The van der Waals surface area contributed by atoms with Crippen LogP contribution >= 0.6 is 0 Å². The van der Waals surface area contributed by atoms with E-state index in [-0.39, 0.29) is 0 Å². The molecule has 8 heteroatoms. The zero-order chi connectivity index (χ0) is 9.28. The first-order valence-corrected chi connectivity index (χ1v) is 3.62.